The lowest BCUT2D eigenvalue weighted by molar-refractivity contribution is -0.120. The minimum Gasteiger partial charge on any atom is -0.359 e. The van der Waals surface area contributed by atoms with Crippen LogP contribution in [0.25, 0.3) is 0 Å². The molecule has 0 bridgehead atoms. The molecule has 0 spiro atoms. The third kappa shape index (κ3) is 2.16. The average molecular weight is 186 g/mol. The van der Waals surface area contributed by atoms with Gasteiger partial charge in [0.15, 0.2) is 4.77 Å². The maximum absolute atomic E-state index is 10.8. The summed E-state index contributed by atoms with van der Waals surface area (Å²) in [6.07, 6.45) is 2.00. The minimum atomic E-state index is -0.00176. The molecule has 1 heterocycles. The quantitative estimate of drug-likeness (QED) is 0.657. The number of H-pyrrole nitrogens is 1. The van der Waals surface area contributed by atoms with Crippen LogP contribution in [-0.4, -0.2) is 27.7 Å². The Morgan fingerprint density at radius 2 is 2.67 bits per heavy atom. The van der Waals surface area contributed by atoms with Crippen LogP contribution in [0, 0.1) is 4.77 Å². The van der Waals surface area contributed by atoms with E-state index in [-0.39, 0.29) is 5.91 Å². The highest BCUT2D eigenvalue weighted by Crippen LogP contribution is 1.90. The summed E-state index contributed by atoms with van der Waals surface area (Å²) in [4.78, 5) is 10.8. The topological polar surface area (TPSA) is 62.7 Å². The molecule has 0 fully saturated rings. The number of carbonyl (C=O) groups is 1. The Bertz CT molecular complexity index is 315. The van der Waals surface area contributed by atoms with Crippen molar-refractivity contribution in [2.45, 2.75) is 13.0 Å². The number of hydrogen-bond acceptors (Lipinski definition) is 3. The second-order valence-corrected chi connectivity index (χ2v) is 2.66. The number of nitrogens with zero attached hydrogens (tertiary/aromatic N) is 2. The first-order valence-corrected chi connectivity index (χ1v) is 3.95. The summed E-state index contributed by atoms with van der Waals surface area (Å²) >= 11 is 4.89. The van der Waals surface area contributed by atoms with Crippen molar-refractivity contribution in [2.75, 3.05) is 7.05 Å². The van der Waals surface area contributed by atoms with E-state index in [9.17, 15) is 4.79 Å². The van der Waals surface area contributed by atoms with Crippen LogP contribution in [0.4, 0.5) is 0 Å². The number of amides is 1. The third-order valence-corrected chi connectivity index (χ3v) is 1.80. The van der Waals surface area contributed by atoms with Gasteiger partial charge in [-0.15, -0.1) is 0 Å². The number of hydrogen-bond donors (Lipinski definition) is 2. The van der Waals surface area contributed by atoms with Gasteiger partial charge in [0.2, 0.25) is 5.91 Å². The molecule has 1 aromatic rings. The monoisotopic (exact) mass is 186 g/mol. The zero-order valence-corrected chi connectivity index (χ0v) is 7.52. The summed E-state index contributed by atoms with van der Waals surface area (Å²) in [6, 6.07) is 0. The molecule has 0 aliphatic rings. The predicted octanol–water partition coefficient (Wildman–Crippen LogP) is 0.0768. The van der Waals surface area contributed by atoms with Crippen molar-refractivity contribution in [1.29, 1.82) is 0 Å². The molecular formula is C6H10N4OS. The van der Waals surface area contributed by atoms with E-state index in [0.717, 1.165) is 0 Å². The highest BCUT2D eigenvalue weighted by atomic mass is 32.1. The van der Waals surface area contributed by atoms with Gasteiger partial charge in [0.1, 0.15) is 6.33 Å². The van der Waals surface area contributed by atoms with E-state index in [2.05, 4.69) is 15.5 Å². The second-order valence-electron chi connectivity index (χ2n) is 2.28. The molecule has 6 heteroatoms. The Morgan fingerprint density at radius 3 is 3.17 bits per heavy atom. The lowest BCUT2D eigenvalue weighted by Gasteiger charge is -1.99. The number of aromatic amines is 1. The van der Waals surface area contributed by atoms with Crippen LogP contribution in [0.1, 0.15) is 6.42 Å². The highest BCUT2D eigenvalue weighted by molar-refractivity contribution is 7.71. The lowest BCUT2D eigenvalue weighted by atomic mass is 10.4. The van der Waals surface area contributed by atoms with E-state index in [4.69, 9.17) is 12.2 Å². The molecular weight excluding hydrogens is 176 g/mol. The van der Waals surface area contributed by atoms with E-state index in [0.29, 0.717) is 17.7 Å². The molecule has 1 amide bonds. The molecule has 66 valence electrons. The molecule has 0 saturated carbocycles. The third-order valence-electron chi connectivity index (χ3n) is 1.48. The van der Waals surface area contributed by atoms with E-state index in [1.54, 1.807) is 17.9 Å². The largest absolute Gasteiger partial charge is 0.359 e. The summed E-state index contributed by atoms with van der Waals surface area (Å²) < 4.78 is 2.25. The van der Waals surface area contributed by atoms with Gasteiger partial charge in [-0.25, -0.2) is 0 Å². The molecule has 0 aliphatic carbocycles. The normalized spacial score (nSPS) is 9.75. The van der Waals surface area contributed by atoms with Gasteiger partial charge in [0.05, 0.1) is 0 Å². The summed E-state index contributed by atoms with van der Waals surface area (Å²) in [6.45, 7) is 0.564. The van der Waals surface area contributed by atoms with Crippen molar-refractivity contribution in [3.63, 3.8) is 0 Å². The predicted molar refractivity (Wildman–Crippen MR) is 46.1 cm³/mol. The van der Waals surface area contributed by atoms with Crippen molar-refractivity contribution in [2.24, 2.45) is 0 Å². The molecule has 0 aromatic carbocycles. The van der Waals surface area contributed by atoms with E-state index < -0.39 is 0 Å². The van der Waals surface area contributed by atoms with Crippen molar-refractivity contribution in [3.05, 3.63) is 11.1 Å². The van der Waals surface area contributed by atoms with Gasteiger partial charge in [0, 0.05) is 20.0 Å². The maximum atomic E-state index is 10.8. The van der Waals surface area contributed by atoms with E-state index in [1.165, 1.54) is 0 Å². The molecule has 2 N–H and O–H groups in total. The number of aromatic nitrogens is 3. The van der Waals surface area contributed by atoms with Gasteiger partial charge < -0.3 is 9.88 Å². The van der Waals surface area contributed by atoms with Crippen molar-refractivity contribution >= 4 is 18.1 Å². The fourth-order valence-corrected chi connectivity index (χ4v) is 0.968. The molecule has 5 nitrogen and oxygen atoms in total. The standard InChI is InChI=1S/C6H10N4OS/c1-7-5(11)2-3-10-4-8-9-6(10)12/h4H,2-3H2,1H3,(H,7,11)(H,9,12). The molecule has 0 radical (unpaired) electrons. The van der Waals surface area contributed by atoms with Crippen LogP contribution in [0.3, 0.4) is 0 Å². The van der Waals surface area contributed by atoms with Gasteiger partial charge in [-0.1, -0.05) is 0 Å². The molecule has 1 aromatic heterocycles. The number of aryl methyl sites for hydroxylation is 1. The highest BCUT2D eigenvalue weighted by Gasteiger charge is 1.98. The number of nitrogens with one attached hydrogen (secondary N) is 2. The van der Waals surface area contributed by atoms with Crippen LogP contribution in [-0.2, 0) is 11.3 Å². The van der Waals surface area contributed by atoms with Crippen LogP contribution in [0.15, 0.2) is 6.33 Å². The zero-order valence-electron chi connectivity index (χ0n) is 6.70. The molecule has 0 saturated heterocycles. The molecule has 0 unspecified atom stereocenters. The van der Waals surface area contributed by atoms with Crippen LogP contribution < -0.4 is 5.32 Å². The summed E-state index contributed by atoms with van der Waals surface area (Å²) in [7, 11) is 1.61. The smallest absolute Gasteiger partial charge is 0.221 e. The maximum Gasteiger partial charge on any atom is 0.221 e. The van der Waals surface area contributed by atoms with E-state index in [1.807, 2.05) is 0 Å². The fourth-order valence-electron chi connectivity index (χ4n) is 0.777. The Morgan fingerprint density at radius 1 is 1.92 bits per heavy atom. The van der Waals surface area contributed by atoms with Crippen molar-refractivity contribution in [1.82, 2.24) is 20.1 Å². The van der Waals surface area contributed by atoms with Gasteiger partial charge in [0.25, 0.3) is 0 Å². The molecule has 1 rings (SSSR count). The van der Waals surface area contributed by atoms with Gasteiger partial charge >= 0.3 is 0 Å². The number of rotatable bonds is 3. The fraction of sp³-hybridized carbons (Fsp3) is 0.500. The lowest BCUT2D eigenvalue weighted by Crippen LogP contribution is -2.19. The molecule has 12 heavy (non-hydrogen) atoms. The first-order chi connectivity index (χ1) is 5.74. The van der Waals surface area contributed by atoms with E-state index >= 15 is 0 Å². The Balaban J connectivity index is 2.49. The van der Waals surface area contributed by atoms with Crippen molar-refractivity contribution < 1.29 is 4.79 Å². The minimum absolute atomic E-state index is 0.00176. The van der Waals surface area contributed by atoms with Crippen LogP contribution in [0.5, 0.6) is 0 Å². The SMILES string of the molecule is CNC(=O)CCn1cn[nH]c1=S. The van der Waals surface area contributed by atoms with Crippen molar-refractivity contribution in [3.8, 4) is 0 Å². The van der Waals surface area contributed by atoms with Crippen LogP contribution >= 0.6 is 12.2 Å². The van der Waals surface area contributed by atoms with Gasteiger partial charge in [-0.2, -0.15) is 5.10 Å². The summed E-state index contributed by atoms with van der Waals surface area (Å²) in [5.74, 6) is -0.00176. The Hall–Kier alpha value is -1.17. The molecule has 0 aliphatic heterocycles. The van der Waals surface area contributed by atoms with Crippen LogP contribution in [0.2, 0.25) is 0 Å². The second kappa shape index (κ2) is 4.01. The Labute approximate surface area is 74.8 Å². The first-order valence-electron chi connectivity index (χ1n) is 3.54. The summed E-state index contributed by atoms with van der Waals surface area (Å²) in [5, 5.41) is 8.86. The molecule has 0 atom stereocenters. The van der Waals surface area contributed by atoms with Gasteiger partial charge in [-0.05, 0) is 12.2 Å². The number of carbonyl (C=O) groups excluding carboxylic acids is 1. The first kappa shape index (κ1) is 8.92. The zero-order chi connectivity index (χ0) is 8.97. The average Bonchev–Trinajstić information content (AvgIpc) is 2.47. The summed E-state index contributed by atoms with van der Waals surface area (Å²) in [5.41, 5.74) is 0. The Kier molecular flexibility index (Phi) is 2.98. The van der Waals surface area contributed by atoms with Gasteiger partial charge in [-0.3, -0.25) is 9.89 Å².